The molecule has 0 radical (unpaired) electrons. The summed E-state index contributed by atoms with van der Waals surface area (Å²) < 4.78 is 61.5. The van der Waals surface area contributed by atoms with Gasteiger partial charge in [0.05, 0.1) is 16.7 Å². The Hall–Kier alpha value is -1.28. The largest absolute Gasteiger partial charge is 0.501 e. The maximum Gasteiger partial charge on any atom is 0.501 e. The van der Waals surface area contributed by atoms with Crippen molar-refractivity contribution in [2.24, 2.45) is 5.92 Å². The molecule has 21 heavy (non-hydrogen) atoms. The van der Waals surface area contributed by atoms with E-state index >= 15 is 0 Å². The van der Waals surface area contributed by atoms with Crippen LogP contribution in [0.15, 0.2) is 29.2 Å². The first-order valence-electron chi connectivity index (χ1n) is 6.48. The van der Waals surface area contributed by atoms with Crippen LogP contribution in [-0.4, -0.2) is 38.2 Å². The molecule has 1 aromatic carbocycles. The molecule has 1 heterocycles. The van der Waals surface area contributed by atoms with E-state index in [4.69, 9.17) is 0 Å². The number of anilines is 1. The number of piperidine rings is 1. The molecule has 1 aliphatic heterocycles. The van der Waals surface area contributed by atoms with Crippen molar-refractivity contribution in [2.75, 3.05) is 18.0 Å². The number of para-hydroxylation sites is 1. The molecule has 118 valence electrons. The zero-order valence-electron chi connectivity index (χ0n) is 11.3. The number of sulfone groups is 1. The van der Waals surface area contributed by atoms with Gasteiger partial charge in [-0.25, -0.2) is 8.42 Å². The Morgan fingerprint density at radius 3 is 2.48 bits per heavy atom. The summed E-state index contributed by atoms with van der Waals surface area (Å²) >= 11 is 0. The Kier molecular flexibility index (Phi) is 4.21. The number of β-amino-alcohol motifs (C(OH)–C–C–N with tert-alkyl or cyclic N) is 1. The second kappa shape index (κ2) is 5.49. The van der Waals surface area contributed by atoms with Crippen molar-refractivity contribution in [3.05, 3.63) is 24.3 Å². The standard InChI is InChI=1S/C13H16F3NO3S/c1-9-6-7-17(8-11(9)18)10-4-2-3-5-12(10)21(19,20)13(14,15)16/h2-5,9,11,18H,6-8H2,1H3. The van der Waals surface area contributed by atoms with Gasteiger partial charge in [0, 0.05) is 13.1 Å². The van der Waals surface area contributed by atoms with Gasteiger partial charge < -0.3 is 10.0 Å². The number of aliphatic hydroxyl groups is 1. The van der Waals surface area contributed by atoms with Crippen molar-refractivity contribution in [3.8, 4) is 0 Å². The van der Waals surface area contributed by atoms with E-state index in [1.807, 2.05) is 6.92 Å². The lowest BCUT2D eigenvalue weighted by Gasteiger charge is -2.36. The highest BCUT2D eigenvalue weighted by Crippen LogP contribution is 2.36. The van der Waals surface area contributed by atoms with Crippen molar-refractivity contribution in [1.82, 2.24) is 0 Å². The quantitative estimate of drug-likeness (QED) is 0.906. The highest BCUT2D eigenvalue weighted by molar-refractivity contribution is 7.92. The lowest BCUT2D eigenvalue weighted by atomic mass is 9.96. The Balaban J connectivity index is 2.44. The molecule has 1 fully saturated rings. The third kappa shape index (κ3) is 3.01. The smallest absolute Gasteiger partial charge is 0.391 e. The van der Waals surface area contributed by atoms with E-state index in [0.29, 0.717) is 13.0 Å². The van der Waals surface area contributed by atoms with Crippen LogP contribution in [0.5, 0.6) is 0 Å². The predicted molar refractivity (Wildman–Crippen MR) is 71.7 cm³/mol. The predicted octanol–water partition coefficient (Wildman–Crippen LogP) is 2.19. The van der Waals surface area contributed by atoms with E-state index < -0.39 is 26.3 Å². The number of rotatable bonds is 2. The van der Waals surface area contributed by atoms with Crippen LogP contribution >= 0.6 is 0 Å². The van der Waals surface area contributed by atoms with E-state index in [1.54, 1.807) is 0 Å². The summed E-state index contributed by atoms with van der Waals surface area (Å²) in [5, 5.41) is 9.85. The summed E-state index contributed by atoms with van der Waals surface area (Å²) in [5.74, 6) is 0.0348. The van der Waals surface area contributed by atoms with Crippen molar-refractivity contribution in [2.45, 2.75) is 29.9 Å². The molecular weight excluding hydrogens is 307 g/mol. The molecule has 0 aliphatic carbocycles. The molecule has 0 aromatic heterocycles. The van der Waals surface area contributed by atoms with Crippen molar-refractivity contribution in [3.63, 3.8) is 0 Å². The van der Waals surface area contributed by atoms with Gasteiger partial charge in [0.25, 0.3) is 9.84 Å². The van der Waals surface area contributed by atoms with Crippen LogP contribution in [0.2, 0.25) is 0 Å². The molecule has 8 heteroatoms. The first-order chi connectivity index (χ1) is 9.64. The zero-order chi connectivity index (χ0) is 15.8. The molecule has 2 rings (SSSR count). The Labute approximate surface area is 121 Å². The molecule has 0 spiro atoms. The maximum absolute atomic E-state index is 12.7. The first kappa shape index (κ1) is 16.1. The van der Waals surface area contributed by atoms with Gasteiger partial charge in [0.15, 0.2) is 0 Å². The Morgan fingerprint density at radius 2 is 1.90 bits per heavy atom. The summed E-state index contributed by atoms with van der Waals surface area (Å²) in [6.45, 7) is 2.37. The summed E-state index contributed by atoms with van der Waals surface area (Å²) in [5.41, 5.74) is -5.36. The van der Waals surface area contributed by atoms with E-state index in [2.05, 4.69) is 0 Å². The fraction of sp³-hybridized carbons (Fsp3) is 0.538. The molecule has 0 saturated carbocycles. The van der Waals surface area contributed by atoms with Gasteiger partial charge in [-0.15, -0.1) is 0 Å². The number of nitrogens with zero attached hydrogens (tertiary/aromatic N) is 1. The van der Waals surface area contributed by atoms with E-state index in [-0.39, 0.29) is 18.2 Å². The number of hydrogen-bond donors (Lipinski definition) is 1. The molecule has 0 bridgehead atoms. The highest BCUT2D eigenvalue weighted by Gasteiger charge is 2.48. The second-order valence-corrected chi connectivity index (χ2v) is 7.11. The monoisotopic (exact) mass is 323 g/mol. The fourth-order valence-corrected chi connectivity index (χ4v) is 3.32. The number of benzene rings is 1. The number of hydrogen-bond acceptors (Lipinski definition) is 4. The van der Waals surface area contributed by atoms with Crippen LogP contribution in [0.4, 0.5) is 18.9 Å². The van der Waals surface area contributed by atoms with Gasteiger partial charge in [-0.2, -0.15) is 13.2 Å². The number of aliphatic hydroxyl groups excluding tert-OH is 1. The molecular formula is C13H16F3NO3S. The van der Waals surface area contributed by atoms with Gasteiger partial charge in [0.2, 0.25) is 0 Å². The summed E-state index contributed by atoms with van der Waals surface area (Å²) in [6, 6.07) is 5.02. The van der Waals surface area contributed by atoms with E-state index in [0.717, 1.165) is 6.07 Å². The Morgan fingerprint density at radius 1 is 1.29 bits per heavy atom. The van der Waals surface area contributed by atoms with E-state index in [9.17, 15) is 26.7 Å². The first-order valence-corrected chi connectivity index (χ1v) is 7.96. The van der Waals surface area contributed by atoms with Gasteiger partial charge >= 0.3 is 5.51 Å². The zero-order valence-corrected chi connectivity index (χ0v) is 12.2. The SMILES string of the molecule is CC1CCN(c2ccccc2S(=O)(=O)C(F)(F)F)CC1O. The summed E-state index contributed by atoms with van der Waals surface area (Å²) in [4.78, 5) is 0.725. The minimum atomic E-state index is -5.41. The molecule has 1 N–H and O–H groups in total. The molecule has 1 aromatic rings. The minimum Gasteiger partial charge on any atom is -0.391 e. The van der Waals surface area contributed by atoms with Gasteiger partial charge in [0.1, 0.15) is 0 Å². The second-order valence-electron chi connectivity index (χ2n) is 5.20. The molecule has 4 nitrogen and oxygen atoms in total. The van der Waals surface area contributed by atoms with Crippen LogP contribution in [0.1, 0.15) is 13.3 Å². The number of halogens is 3. The summed E-state index contributed by atoms with van der Waals surface area (Å²) in [6.07, 6.45) is -0.109. The van der Waals surface area contributed by atoms with E-state index in [1.165, 1.54) is 23.1 Å². The average molecular weight is 323 g/mol. The third-order valence-electron chi connectivity index (χ3n) is 3.72. The molecule has 1 aliphatic rings. The summed E-state index contributed by atoms with van der Waals surface area (Å²) in [7, 11) is -5.41. The van der Waals surface area contributed by atoms with Crippen LogP contribution in [0, 0.1) is 5.92 Å². The maximum atomic E-state index is 12.7. The lowest BCUT2D eigenvalue weighted by Crippen LogP contribution is -2.43. The fourth-order valence-electron chi connectivity index (χ4n) is 2.34. The molecule has 2 atom stereocenters. The highest BCUT2D eigenvalue weighted by atomic mass is 32.2. The topological polar surface area (TPSA) is 57.6 Å². The van der Waals surface area contributed by atoms with Crippen molar-refractivity contribution >= 4 is 15.5 Å². The van der Waals surface area contributed by atoms with Crippen LogP contribution in [0.25, 0.3) is 0 Å². The van der Waals surface area contributed by atoms with Crippen molar-refractivity contribution < 1.29 is 26.7 Å². The van der Waals surface area contributed by atoms with Gasteiger partial charge in [-0.3, -0.25) is 0 Å². The molecule has 0 amide bonds. The van der Waals surface area contributed by atoms with Crippen LogP contribution in [-0.2, 0) is 9.84 Å². The minimum absolute atomic E-state index is 0.0132. The van der Waals surface area contributed by atoms with Gasteiger partial charge in [-0.1, -0.05) is 19.1 Å². The third-order valence-corrected chi connectivity index (χ3v) is 5.25. The van der Waals surface area contributed by atoms with Crippen LogP contribution in [0.3, 0.4) is 0 Å². The average Bonchev–Trinajstić information content (AvgIpc) is 2.40. The molecule has 1 saturated heterocycles. The lowest BCUT2D eigenvalue weighted by molar-refractivity contribution is -0.0435. The van der Waals surface area contributed by atoms with Gasteiger partial charge in [-0.05, 0) is 24.5 Å². The van der Waals surface area contributed by atoms with Crippen molar-refractivity contribution in [1.29, 1.82) is 0 Å². The number of alkyl halides is 3. The molecule has 2 unspecified atom stereocenters. The normalized spacial score (nSPS) is 24.1. The Bertz CT molecular complexity index is 615. The van der Waals surface area contributed by atoms with Crippen LogP contribution < -0.4 is 4.90 Å².